The molecule has 3 rings (SSSR count). The summed E-state index contributed by atoms with van der Waals surface area (Å²) in [6, 6.07) is 4.60. The molecule has 1 unspecified atom stereocenters. The van der Waals surface area contributed by atoms with E-state index < -0.39 is 42.6 Å². The smallest absolute Gasteiger partial charge is 0.352 e. The Labute approximate surface area is 179 Å². The fourth-order valence-corrected chi connectivity index (χ4v) is 3.14. The van der Waals surface area contributed by atoms with Crippen molar-refractivity contribution in [1.29, 1.82) is 5.41 Å². The fourth-order valence-electron chi connectivity index (χ4n) is 3.14. The zero-order valence-electron chi connectivity index (χ0n) is 16.4. The molecular weight excluding hydrogens is 437 g/mol. The third-order valence-corrected chi connectivity index (χ3v) is 4.73. The second-order valence-corrected chi connectivity index (χ2v) is 6.80. The Morgan fingerprint density at radius 2 is 1.97 bits per heavy atom. The average molecular weight is 455 g/mol. The van der Waals surface area contributed by atoms with Crippen LogP contribution in [0.3, 0.4) is 0 Å². The molecule has 1 atom stereocenters. The van der Waals surface area contributed by atoms with E-state index in [0.29, 0.717) is 12.4 Å². The van der Waals surface area contributed by atoms with Gasteiger partial charge in [-0.15, -0.1) is 0 Å². The van der Waals surface area contributed by atoms with Crippen LogP contribution >= 0.6 is 0 Å². The standard InChI is InChI=1S/C19H18F5N7O/c20-18(21)5-8-31(16(32)13-3-1-2-4-14(13)30-29-7-6-25)15(18)11-28-17-26-9-12(10-27-17)19(22,23)24/h1-4,6-7,9-10,15,25,30H,5,8,11H2,(H,26,27,28)/b25-6?,29-7-. The van der Waals surface area contributed by atoms with Gasteiger partial charge in [-0.2, -0.15) is 18.3 Å². The molecule has 1 saturated heterocycles. The van der Waals surface area contributed by atoms with Gasteiger partial charge in [0.15, 0.2) is 0 Å². The van der Waals surface area contributed by atoms with Crippen LogP contribution in [0.15, 0.2) is 41.8 Å². The molecule has 32 heavy (non-hydrogen) atoms. The van der Waals surface area contributed by atoms with E-state index in [1.807, 2.05) is 0 Å². The summed E-state index contributed by atoms with van der Waals surface area (Å²) in [4.78, 5) is 21.0. The van der Waals surface area contributed by atoms with E-state index in [1.165, 1.54) is 12.1 Å². The SMILES string of the molecule is N=C/C=N\Nc1ccccc1C(=O)N1CCC(F)(F)C1CNc1ncc(C(F)(F)F)cn1. The number of hydrogen-bond acceptors (Lipinski definition) is 7. The monoisotopic (exact) mass is 455 g/mol. The van der Waals surface area contributed by atoms with Crippen LogP contribution in [-0.4, -0.2) is 58.3 Å². The highest BCUT2D eigenvalue weighted by atomic mass is 19.4. The number of nitrogens with one attached hydrogen (secondary N) is 3. The Morgan fingerprint density at radius 1 is 1.28 bits per heavy atom. The second kappa shape index (κ2) is 9.24. The number of anilines is 2. The molecule has 0 spiro atoms. The zero-order chi connectivity index (χ0) is 23.4. The molecule has 8 nitrogen and oxygen atoms in total. The molecule has 1 aliphatic heterocycles. The van der Waals surface area contributed by atoms with E-state index in [4.69, 9.17) is 5.41 Å². The normalized spacial score (nSPS) is 18.0. The van der Waals surface area contributed by atoms with Crippen LogP contribution < -0.4 is 10.7 Å². The van der Waals surface area contributed by atoms with Crippen molar-refractivity contribution in [1.82, 2.24) is 14.9 Å². The molecule has 170 valence electrons. The molecule has 2 aromatic rings. The summed E-state index contributed by atoms with van der Waals surface area (Å²) in [6.45, 7) is -0.685. The summed E-state index contributed by atoms with van der Waals surface area (Å²) in [5, 5.41) is 13.1. The number of carbonyl (C=O) groups is 1. The number of likely N-dealkylation sites (tertiary alicyclic amines) is 1. The van der Waals surface area contributed by atoms with Gasteiger partial charge < -0.3 is 15.6 Å². The largest absolute Gasteiger partial charge is 0.419 e. The molecule has 0 radical (unpaired) electrons. The van der Waals surface area contributed by atoms with Crippen molar-refractivity contribution in [3.05, 3.63) is 47.8 Å². The van der Waals surface area contributed by atoms with Crippen molar-refractivity contribution in [2.45, 2.75) is 24.6 Å². The summed E-state index contributed by atoms with van der Waals surface area (Å²) < 4.78 is 66.9. The van der Waals surface area contributed by atoms with E-state index in [1.54, 1.807) is 12.1 Å². The first-order valence-corrected chi connectivity index (χ1v) is 9.32. The van der Waals surface area contributed by atoms with Gasteiger partial charge in [0.2, 0.25) is 5.95 Å². The van der Waals surface area contributed by atoms with Gasteiger partial charge in [-0.05, 0) is 12.1 Å². The molecule has 1 aromatic heterocycles. The number of rotatable bonds is 7. The fraction of sp³-hybridized carbons (Fsp3) is 0.316. The van der Waals surface area contributed by atoms with Crippen LogP contribution in [0.25, 0.3) is 0 Å². The highest BCUT2D eigenvalue weighted by Gasteiger charge is 2.50. The number of hydrogen-bond donors (Lipinski definition) is 3. The van der Waals surface area contributed by atoms with Gasteiger partial charge in [0, 0.05) is 38.1 Å². The number of para-hydroxylation sites is 1. The number of halogens is 5. The minimum Gasteiger partial charge on any atom is -0.352 e. The minimum absolute atomic E-state index is 0.100. The second-order valence-electron chi connectivity index (χ2n) is 6.80. The highest BCUT2D eigenvalue weighted by Crippen LogP contribution is 2.36. The molecule has 13 heteroatoms. The predicted molar refractivity (Wildman–Crippen MR) is 107 cm³/mol. The summed E-state index contributed by atoms with van der Waals surface area (Å²) in [5.74, 6) is -4.17. The number of amides is 1. The van der Waals surface area contributed by atoms with E-state index in [2.05, 4.69) is 25.8 Å². The number of hydrazone groups is 1. The third kappa shape index (κ3) is 5.15. The summed E-state index contributed by atoms with van der Waals surface area (Å²) in [6.07, 6.45) is -2.04. The Balaban J connectivity index is 1.76. The molecule has 1 aliphatic rings. The van der Waals surface area contributed by atoms with Crippen molar-refractivity contribution in [3.63, 3.8) is 0 Å². The van der Waals surface area contributed by atoms with Gasteiger partial charge in [0.05, 0.1) is 23.0 Å². The zero-order valence-corrected chi connectivity index (χ0v) is 16.4. The Kier molecular flexibility index (Phi) is 6.65. The van der Waals surface area contributed by atoms with Crippen LogP contribution in [0.1, 0.15) is 22.3 Å². The van der Waals surface area contributed by atoms with Crippen LogP contribution in [0.2, 0.25) is 0 Å². The Hall–Kier alpha value is -3.64. The number of benzene rings is 1. The van der Waals surface area contributed by atoms with Crippen LogP contribution in [0.5, 0.6) is 0 Å². The van der Waals surface area contributed by atoms with Crippen LogP contribution in [0.4, 0.5) is 33.6 Å². The summed E-state index contributed by atoms with van der Waals surface area (Å²) >= 11 is 0. The topological polar surface area (TPSA) is 106 Å². The van der Waals surface area contributed by atoms with Crippen molar-refractivity contribution in [2.24, 2.45) is 5.10 Å². The quantitative estimate of drug-likeness (QED) is 0.337. The maximum absolute atomic E-state index is 14.5. The lowest BCUT2D eigenvalue weighted by molar-refractivity contribution is -0.138. The molecule has 1 fully saturated rings. The van der Waals surface area contributed by atoms with Gasteiger partial charge in [-0.25, -0.2) is 18.7 Å². The van der Waals surface area contributed by atoms with Gasteiger partial charge in [0.1, 0.15) is 6.04 Å². The van der Waals surface area contributed by atoms with Crippen LogP contribution in [0, 0.1) is 5.41 Å². The van der Waals surface area contributed by atoms with Crippen molar-refractivity contribution >= 4 is 30.0 Å². The average Bonchev–Trinajstić information content (AvgIpc) is 3.06. The molecule has 0 saturated carbocycles. The number of carbonyl (C=O) groups excluding carboxylic acids is 1. The highest BCUT2D eigenvalue weighted by molar-refractivity contribution is 6.14. The number of aromatic nitrogens is 2. The first kappa shape index (κ1) is 23.0. The lowest BCUT2D eigenvalue weighted by atomic mass is 10.1. The predicted octanol–water partition coefficient (Wildman–Crippen LogP) is 3.50. The van der Waals surface area contributed by atoms with Crippen molar-refractivity contribution < 1.29 is 26.7 Å². The lowest BCUT2D eigenvalue weighted by Crippen LogP contribution is -2.47. The molecule has 3 N–H and O–H groups in total. The molecule has 1 amide bonds. The molecule has 1 aromatic carbocycles. The number of nitrogens with zero attached hydrogens (tertiary/aromatic N) is 4. The Morgan fingerprint density at radius 3 is 2.62 bits per heavy atom. The van der Waals surface area contributed by atoms with Gasteiger partial charge >= 0.3 is 6.18 Å². The van der Waals surface area contributed by atoms with E-state index >= 15 is 0 Å². The van der Waals surface area contributed by atoms with Crippen molar-refractivity contribution in [2.75, 3.05) is 23.8 Å². The maximum Gasteiger partial charge on any atom is 0.419 e. The first-order chi connectivity index (χ1) is 15.1. The van der Waals surface area contributed by atoms with E-state index in [-0.39, 0.29) is 23.7 Å². The first-order valence-electron chi connectivity index (χ1n) is 9.32. The Bertz CT molecular complexity index is 994. The molecule has 0 bridgehead atoms. The van der Waals surface area contributed by atoms with Gasteiger partial charge in [-0.1, -0.05) is 12.1 Å². The lowest BCUT2D eigenvalue weighted by Gasteiger charge is -2.28. The molecular formula is C19H18F5N7O. The van der Waals surface area contributed by atoms with E-state index in [0.717, 1.165) is 17.3 Å². The van der Waals surface area contributed by atoms with E-state index in [9.17, 15) is 26.7 Å². The third-order valence-electron chi connectivity index (χ3n) is 4.73. The van der Waals surface area contributed by atoms with Gasteiger partial charge in [0.25, 0.3) is 11.8 Å². The van der Waals surface area contributed by atoms with Gasteiger partial charge in [-0.3, -0.25) is 10.2 Å². The molecule has 0 aliphatic carbocycles. The van der Waals surface area contributed by atoms with Crippen molar-refractivity contribution in [3.8, 4) is 0 Å². The summed E-state index contributed by atoms with van der Waals surface area (Å²) in [5.41, 5.74) is 1.88. The molecule has 2 heterocycles. The summed E-state index contributed by atoms with van der Waals surface area (Å²) in [7, 11) is 0. The number of alkyl halides is 5. The van der Waals surface area contributed by atoms with Crippen LogP contribution in [-0.2, 0) is 6.18 Å². The maximum atomic E-state index is 14.5. The minimum atomic E-state index is -4.62.